The van der Waals surface area contributed by atoms with Gasteiger partial charge in [0, 0.05) is 70.3 Å². The summed E-state index contributed by atoms with van der Waals surface area (Å²) in [6.07, 6.45) is 1.89. The van der Waals surface area contributed by atoms with Gasteiger partial charge in [0.2, 0.25) is 0 Å². The number of aromatic hydroxyl groups is 2. The lowest BCUT2D eigenvalue weighted by molar-refractivity contribution is -0.0766. The lowest BCUT2D eigenvalue weighted by atomic mass is 9.60. The number of hydrogen-bond acceptors (Lipinski definition) is 6. The molecule has 1 aliphatic carbocycles. The highest BCUT2D eigenvalue weighted by molar-refractivity contribution is 6.21. The number of rotatable bonds is 2. The summed E-state index contributed by atoms with van der Waals surface area (Å²) < 4.78 is 0. The Hall–Kier alpha value is -4.52. The van der Waals surface area contributed by atoms with E-state index in [2.05, 4.69) is 46.2 Å². The van der Waals surface area contributed by atoms with Gasteiger partial charge in [-0.25, -0.2) is 0 Å². The molecule has 0 spiro atoms. The zero-order chi connectivity index (χ0) is 30.6. The molecule has 0 radical (unpaired) electrons. The van der Waals surface area contributed by atoms with E-state index in [0.29, 0.717) is 16.3 Å². The third-order valence-electron chi connectivity index (χ3n) is 12.3. The van der Waals surface area contributed by atoms with Crippen LogP contribution in [0.5, 0.6) is 11.5 Å². The van der Waals surface area contributed by atoms with Crippen LogP contribution in [0.2, 0.25) is 0 Å². The van der Waals surface area contributed by atoms with E-state index in [0.717, 1.165) is 84.7 Å². The molecule has 6 aromatic carbocycles. The summed E-state index contributed by atoms with van der Waals surface area (Å²) in [6, 6.07) is 20.6. The second-order valence-corrected chi connectivity index (χ2v) is 14.2. The Morgan fingerprint density at radius 2 is 0.870 bits per heavy atom. The number of nitrogens with zero attached hydrogens (tertiary/aromatic N) is 2. The second kappa shape index (κ2) is 8.64. The molecule has 4 heterocycles. The highest BCUT2D eigenvalue weighted by Crippen LogP contribution is 2.60. The normalized spacial score (nSPS) is 24.1. The molecule has 4 N–H and O–H groups in total. The largest absolute Gasteiger partial charge is 0.507 e. The van der Waals surface area contributed by atoms with Crippen LogP contribution in [-0.4, -0.2) is 58.8 Å². The van der Waals surface area contributed by atoms with E-state index in [9.17, 15) is 20.4 Å². The molecule has 0 bridgehead atoms. The van der Waals surface area contributed by atoms with Crippen LogP contribution in [0.4, 0.5) is 11.4 Å². The minimum Gasteiger partial charge on any atom is -0.507 e. The van der Waals surface area contributed by atoms with Crippen molar-refractivity contribution in [2.24, 2.45) is 0 Å². The Bertz CT molecular complexity index is 2230. The number of anilines is 2. The molecule has 0 amide bonds. The molecule has 1 fully saturated rings. The van der Waals surface area contributed by atoms with Gasteiger partial charge >= 0.3 is 0 Å². The molecule has 6 nitrogen and oxygen atoms in total. The van der Waals surface area contributed by atoms with Gasteiger partial charge in [0.1, 0.15) is 11.5 Å². The Morgan fingerprint density at radius 1 is 0.457 bits per heavy atom. The van der Waals surface area contributed by atoms with Crippen LogP contribution >= 0.6 is 0 Å². The monoisotopic (exact) mass is 606 g/mol. The Kier molecular flexibility index (Phi) is 4.81. The smallest absolute Gasteiger partial charge is 0.123 e. The summed E-state index contributed by atoms with van der Waals surface area (Å²) in [5.74, 6) is -0.927. The molecule has 2 unspecified atom stereocenters. The molecule has 11 rings (SSSR count). The zero-order valence-electron chi connectivity index (χ0n) is 25.4. The lowest BCUT2D eigenvalue weighted by Gasteiger charge is -2.49. The molecular weight excluding hydrogens is 572 g/mol. The summed E-state index contributed by atoms with van der Waals surface area (Å²) >= 11 is 0. The van der Waals surface area contributed by atoms with E-state index in [1.54, 1.807) is 12.1 Å². The van der Waals surface area contributed by atoms with E-state index >= 15 is 0 Å². The SMILES string of the molecule is Oc1ccc2c3c4c5c(ccc(O)c5c(C5C(O)C(c6c7cccc8c7c7c9c(cccc69)CCN7CC8)C5O)c13)CCN4CC2. The summed E-state index contributed by atoms with van der Waals surface area (Å²) in [6.45, 7) is 3.81. The van der Waals surface area contributed by atoms with Gasteiger partial charge in [0.05, 0.1) is 23.6 Å². The van der Waals surface area contributed by atoms with Crippen LogP contribution in [-0.2, 0) is 25.7 Å². The van der Waals surface area contributed by atoms with Gasteiger partial charge in [0.15, 0.2) is 0 Å². The van der Waals surface area contributed by atoms with Crippen LogP contribution in [0.1, 0.15) is 45.2 Å². The van der Waals surface area contributed by atoms with Gasteiger partial charge in [0.25, 0.3) is 0 Å². The highest BCUT2D eigenvalue weighted by Gasteiger charge is 2.53. The molecule has 6 heteroatoms. The average Bonchev–Trinajstić information content (AvgIpc) is 3.08. The molecule has 4 aliphatic heterocycles. The van der Waals surface area contributed by atoms with Crippen molar-refractivity contribution in [2.45, 2.75) is 49.7 Å². The molecular formula is C40H34N2O4. The molecule has 0 aromatic heterocycles. The minimum atomic E-state index is -0.910. The number of aliphatic hydroxyl groups is 2. The van der Waals surface area contributed by atoms with E-state index in [4.69, 9.17) is 0 Å². The highest BCUT2D eigenvalue weighted by atomic mass is 16.3. The summed E-state index contributed by atoms with van der Waals surface area (Å²) in [4.78, 5) is 4.92. The van der Waals surface area contributed by atoms with Crippen molar-refractivity contribution >= 4 is 54.5 Å². The van der Waals surface area contributed by atoms with Crippen LogP contribution in [0.25, 0.3) is 43.1 Å². The van der Waals surface area contributed by atoms with Gasteiger partial charge < -0.3 is 30.2 Å². The summed E-state index contributed by atoms with van der Waals surface area (Å²) in [5.41, 5.74) is 9.08. The molecule has 2 atom stereocenters. The fraction of sp³-hybridized carbons (Fsp3) is 0.300. The predicted octanol–water partition coefficient (Wildman–Crippen LogP) is 6.15. The van der Waals surface area contributed by atoms with Gasteiger partial charge in [-0.1, -0.05) is 48.5 Å². The third-order valence-corrected chi connectivity index (χ3v) is 12.3. The standard InChI is InChI=1S/C40H34N2O4/c43-25-9-7-21-13-17-42-18-14-22-8-10-26(44)33-30(22)38(42)29(21)32(25)34(33)36-39(45)35(40(36)46)31-23-5-1-3-19-11-15-41-16-12-20-4-2-6-24(31)28(20)37(41)27(19)23/h1-10,35-36,39-40,43-46H,11-18H2. The molecule has 46 heavy (non-hydrogen) atoms. The van der Waals surface area contributed by atoms with Crippen LogP contribution in [0, 0.1) is 0 Å². The first kappa shape index (κ1) is 25.6. The van der Waals surface area contributed by atoms with Crippen molar-refractivity contribution < 1.29 is 20.4 Å². The summed E-state index contributed by atoms with van der Waals surface area (Å²) in [5, 5.41) is 56.0. The van der Waals surface area contributed by atoms with Crippen molar-refractivity contribution in [1.82, 2.24) is 0 Å². The van der Waals surface area contributed by atoms with Crippen molar-refractivity contribution in [3.8, 4) is 11.5 Å². The Balaban J connectivity index is 1.19. The third kappa shape index (κ3) is 2.92. The maximum atomic E-state index is 12.4. The molecule has 1 saturated carbocycles. The second-order valence-electron chi connectivity index (χ2n) is 14.2. The van der Waals surface area contributed by atoms with Gasteiger partial charge in [-0.15, -0.1) is 0 Å². The zero-order valence-corrected chi connectivity index (χ0v) is 25.4. The molecule has 228 valence electrons. The molecule has 5 aliphatic rings. The fourth-order valence-electron chi connectivity index (χ4n) is 10.3. The Morgan fingerprint density at radius 3 is 1.35 bits per heavy atom. The molecule has 6 aromatic rings. The molecule has 0 saturated heterocycles. The first-order valence-electron chi connectivity index (χ1n) is 16.8. The van der Waals surface area contributed by atoms with Crippen LogP contribution in [0.3, 0.4) is 0 Å². The van der Waals surface area contributed by atoms with Crippen molar-refractivity contribution in [1.29, 1.82) is 0 Å². The summed E-state index contributed by atoms with van der Waals surface area (Å²) in [7, 11) is 0. The van der Waals surface area contributed by atoms with Gasteiger partial charge in [-0.05, 0) is 82.0 Å². The lowest BCUT2D eigenvalue weighted by Crippen LogP contribution is -2.52. The quantitative estimate of drug-likeness (QED) is 0.177. The maximum absolute atomic E-state index is 12.4. The number of phenols is 2. The van der Waals surface area contributed by atoms with Crippen LogP contribution < -0.4 is 9.80 Å². The number of phenolic OH excluding ortho intramolecular Hbond substituents is 2. The minimum absolute atomic E-state index is 0.130. The van der Waals surface area contributed by atoms with Crippen molar-refractivity contribution in [3.63, 3.8) is 0 Å². The van der Waals surface area contributed by atoms with Crippen molar-refractivity contribution in [2.75, 3.05) is 36.0 Å². The number of hydrogen-bond donors (Lipinski definition) is 4. The fourth-order valence-corrected chi connectivity index (χ4v) is 10.3. The van der Waals surface area contributed by atoms with E-state index in [1.807, 2.05) is 12.1 Å². The van der Waals surface area contributed by atoms with E-state index < -0.39 is 24.0 Å². The maximum Gasteiger partial charge on any atom is 0.123 e. The van der Waals surface area contributed by atoms with Gasteiger partial charge in [-0.2, -0.15) is 0 Å². The average molecular weight is 607 g/mol. The predicted molar refractivity (Wildman–Crippen MR) is 183 cm³/mol. The first-order chi connectivity index (χ1) is 22.5. The first-order valence-corrected chi connectivity index (χ1v) is 16.8. The van der Waals surface area contributed by atoms with E-state index in [-0.39, 0.29) is 11.5 Å². The number of aliphatic hydroxyl groups excluding tert-OH is 2. The topological polar surface area (TPSA) is 87.4 Å². The van der Waals surface area contributed by atoms with Crippen molar-refractivity contribution in [3.05, 3.63) is 94.0 Å². The Labute approximate surface area is 265 Å². The van der Waals surface area contributed by atoms with E-state index in [1.165, 1.54) is 38.7 Å². The van der Waals surface area contributed by atoms with Gasteiger partial charge in [-0.3, -0.25) is 0 Å². The number of benzene rings is 6. The van der Waals surface area contributed by atoms with Crippen LogP contribution in [0.15, 0.2) is 60.7 Å².